The Morgan fingerprint density at radius 2 is 1.61 bits per heavy atom. The lowest BCUT2D eigenvalue weighted by Gasteiger charge is -2.27. The molecular weight excluding hydrogens is 472 g/mol. The molecule has 3 aromatic rings. The molecule has 0 radical (unpaired) electrons. The smallest absolute Gasteiger partial charge is 0.254 e. The maximum Gasteiger partial charge on any atom is 0.254 e. The largest absolute Gasteiger partial charge is 0.332 e. The van der Waals surface area contributed by atoms with Crippen molar-refractivity contribution in [3.8, 4) is 0 Å². The van der Waals surface area contributed by atoms with E-state index in [0.717, 1.165) is 21.3 Å². The Morgan fingerprint density at radius 3 is 2.23 bits per heavy atom. The van der Waals surface area contributed by atoms with Gasteiger partial charge in [0.2, 0.25) is 5.91 Å². The highest BCUT2D eigenvalue weighted by atomic mass is 79.9. The molecular formula is C25H27BrN2O2S. The van der Waals surface area contributed by atoms with Crippen LogP contribution in [0.2, 0.25) is 0 Å². The maximum absolute atomic E-state index is 13.4. The molecule has 1 heterocycles. The molecule has 2 amide bonds. The molecule has 0 atom stereocenters. The van der Waals surface area contributed by atoms with Gasteiger partial charge in [-0.2, -0.15) is 0 Å². The Labute approximate surface area is 196 Å². The van der Waals surface area contributed by atoms with Crippen LogP contribution in [0, 0.1) is 6.92 Å². The van der Waals surface area contributed by atoms with Crippen molar-refractivity contribution in [2.24, 2.45) is 0 Å². The zero-order valence-corrected chi connectivity index (χ0v) is 20.3. The number of aryl methyl sites for hydroxylation is 1. The number of hydrogen-bond acceptors (Lipinski definition) is 3. The van der Waals surface area contributed by atoms with E-state index in [4.69, 9.17) is 0 Å². The normalized spacial score (nSPS) is 10.7. The summed E-state index contributed by atoms with van der Waals surface area (Å²) in [5.74, 6) is -0.164. The molecule has 4 nitrogen and oxygen atoms in total. The SMILES string of the molecule is CCCN(CC(=O)N(Cc1ccccc1)Cc1ccc(C)s1)C(=O)c1ccc(Br)cc1. The van der Waals surface area contributed by atoms with Crippen molar-refractivity contribution in [2.45, 2.75) is 33.4 Å². The first-order valence-electron chi connectivity index (χ1n) is 10.4. The number of carbonyl (C=O) groups excluding carboxylic acids is 2. The first kappa shape index (κ1) is 23.2. The van der Waals surface area contributed by atoms with Crippen LogP contribution in [0.3, 0.4) is 0 Å². The first-order valence-corrected chi connectivity index (χ1v) is 12.0. The van der Waals surface area contributed by atoms with Gasteiger partial charge >= 0.3 is 0 Å². The number of rotatable bonds is 9. The van der Waals surface area contributed by atoms with Crippen molar-refractivity contribution in [2.75, 3.05) is 13.1 Å². The number of nitrogens with zero attached hydrogens (tertiary/aromatic N) is 2. The van der Waals surface area contributed by atoms with Crippen LogP contribution >= 0.6 is 27.3 Å². The topological polar surface area (TPSA) is 40.6 Å². The molecule has 0 aliphatic heterocycles. The molecule has 162 valence electrons. The standard InChI is InChI=1S/C25H27BrN2O2S/c1-3-15-27(25(30)21-10-12-22(26)13-11-21)18-24(29)28(16-20-7-5-4-6-8-20)17-23-14-9-19(2)31-23/h4-14H,3,15-18H2,1-2H3. The van der Waals surface area contributed by atoms with E-state index in [2.05, 4.69) is 35.0 Å². The van der Waals surface area contributed by atoms with Gasteiger partial charge in [0.1, 0.15) is 6.54 Å². The molecule has 0 saturated heterocycles. The van der Waals surface area contributed by atoms with Crippen molar-refractivity contribution in [1.82, 2.24) is 9.80 Å². The molecule has 0 saturated carbocycles. The van der Waals surface area contributed by atoms with Crippen LogP contribution in [0.4, 0.5) is 0 Å². The highest BCUT2D eigenvalue weighted by molar-refractivity contribution is 9.10. The Hall–Kier alpha value is -2.44. The molecule has 0 N–H and O–H groups in total. The summed E-state index contributed by atoms with van der Waals surface area (Å²) in [5, 5.41) is 0. The van der Waals surface area contributed by atoms with Gasteiger partial charge in [0.05, 0.1) is 6.54 Å². The summed E-state index contributed by atoms with van der Waals surface area (Å²) in [6, 6.07) is 21.4. The minimum absolute atomic E-state index is 0.0474. The third-order valence-electron chi connectivity index (χ3n) is 4.91. The van der Waals surface area contributed by atoms with Crippen LogP contribution in [0.1, 0.15) is 39.0 Å². The van der Waals surface area contributed by atoms with Crippen molar-refractivity contribution in [1.29, 1.82) is 0 Å². The summed E-state index contributed by atoms with van der Waals surface area (Å²) in [6.07, 6.45) is 0.790. The lowest BCUT2D eigenvalue weighted by molar-refractivity contribution is -0.133. The fraction of sp³-hybridized carbons (Fsp3) is 0.280. The first-order chi connectivity index (χ1) is 15.0. The molecule has 0 aliphatic carbocycles. The van der Waals surface area contributed by atoms with E-state index < -0.39 is 0 Å². The minimum Gasteiger partial charge on any atom is -0.332 e. The molecule has 31 heavy (non-hydrogen) atoms. The van der Waals surface area contributed by atoms with Gasteiger partial charge in [-0.15, -0.1) is 11.3 Å². The maximum atomic E-state index is 13.4. The van der Waals surface area contributed by atoms with Gasteiger partial charge in [0, 0.05) is 32.9 Å². The molecule has 0 unspecified atom stereocenters. The molecule has 0 fully saturated rings. The summed E-state index contributed by atoms with van der Waals surface area (Å²) in [7, 11) is 0. The fourth-order valence-electron chi connectivity index (χ4n) is 3.35. The van der Waals surface area contributed by atoms with Crippen LogP contribution in [0.15, 0.2) is 71.2 Å². The van der Waals surface area contributed by atoms with Crippen molar-refractivity contribution >= 4 is 39.1 Å². The summed E-state index contributed by atoms with van der Waals surface area (Å²) >= 11 is 5.10. The van der Waals surface area contributed by atoms with Gasteiger partial charge in [0.15, 0.2) is 0 Å². The van der Waals surface area contributed by atoms with Crippen LogP contribution in [0.25, 0.3) is 0 Å². The number of carbonyl (C=O) groups is 2. The van der Waals surface area contributed by atoms with E-state index in [-0.39, 0.29) is 18.4 Å². The van der Waals surface area contributed by atoms with Crippen molar-refractivity contribution in [3.63, 3.8) is 0 Å². The number of benzene rings is 2. The molecule has 2 aromatic carbocycles. The van der Waals surface area contributed by atoms with Crippen molar-refractivity contribution < 1.29 is 9.59 Å². The van der Waals surface area contributed by atoms with E-state index >= 15 is 0 Å². The second-order valence-corrected chi connectivity index (χ2v) is 9.77. The third-order valence-corrected chi connectivity index (χ3v) is 6.42. The number of hydrogen-bond donors (Lipinski definition) is 0. The van der Waals surface area contributed by atoms with Gasteiger partial charge in [-0.25, -0.2) is 0 Å². The highest BCUT2D eigenvalue weighted by Gasteiger charge is 2.22. The van der Waals surface area contributed by atoms with Crippen LogP contribution in [-0.2, 0) is 17.9 Å². The van der Waals surface area contributed by atoms with Crippen molar-refractivity contribution in [3.05, 3.63) is 92.1 Å². The molecule has 0 bridgehead atoms. The quantitative estimate of drug-likeness (QED) is 0.368. The molecule has 1 aromatic heterocycles. The van der Waals surface area contributed by atoms with E-state index in [9.17, 15) is 9.59 Å². The Bertz CT molecular complexity index is 1000. The summed E-state index contributed by atoms with van der Waals surface area (Å²) in [4.78, 5) is 32.3. The van der Waals surface area contributed by atoms with Gasteiger partial charge in [-0.3, -0.25) is 9.59 Å². The predicted octanol–water partition coefficient (Wildman–Crippen LogP) is 5.90. The fourth-order valence-corrected chi connectivity index (χ4v) is 4.53. The van der Waals surface area contributed by atoms with Gasteiger partial charge in [-0.05, 0) is 55.3 Å². The molecule has 3 rings (SSSR count). The second-order valence-electron chi connectivity index (χ2n) is 7.48. The Morgan fingerprint density at radius 1 is 0.903 bits per heavy atom. The van der Waals surface area contributed by atoms with E-state index in [1.54, 1.807) is 28.4 Å². The van der Waals surface area contributed by atoms with Crippen LogP contribution in [-0.4, -0.2) is 34.7 Å². The highest BCUT2D eigenvalue weighted by Crippen LogP contribution is 2.19. The summed E-state index contributed by atoms with van der Waals surface area (Å²) in [5.41, 5.74) is 1.67. The van der Waals surface area contributed by atoms with E-state index in [1.807, 2.05) is 54.3 Å². The minimum atomic E-state index is -0.116. The summed E-state index contributed by atoms with van der Waals surface area (Å²) < 4.78 is 0.919. The van der Waals surface area contributed by atoms with E-state index in [0.29, 0.717) is 25.2 Å². The number of thiophene rings is 1. The zero-order chi connectivity index (χ0) is 22.2. The monoisotopic (exact) mass is 498 g/mol. The average molecular weight is 499 g/mol. The van der Waals surface area contributed by atoms with Gasteiger partial charge < -0.3 is 9.80 Å². The van der Waals surface area contributed by atoms with Gasteiger partial charge in [0.25, 0.3) is 5.91 Å². The Kier molecular flexibility index (Phi) is 8.43. The van der Waals surface area contributed by atoms with Crippen LogP contribution < -0.4 is 0 Å². The lowest BCUT2D eigenvalue weighted by atomic mass is 10.2. The average Bonchev–Trinajstić information content (AvgIpc) is 3.18. The lowest BCUT2D eigenvalue weighted by Crippen LogP contribution is -2.42. The summed E-state index contributed by atoms with van der Waals surface area (Å²) in [6.45, 7) is 5.75. The number of amides is 2. The zero-order valence-electron chi connectivity index (χ0n) is 17.9. The Balaban J connectivity index is 1.78. The molecule has 6 heteroatoms. The third kappa shape index (κ3) is 6.77. The molecule has 0 spiro atoms. The van der Waals surface area contributed by atoms with Gasteiger partial charge in [-0.1, -0.05) is 53.2 Å². The predicted molar refractivity (Wildman–Crippen MR) is 130 cm³/mol. The van der Waals surface area contributed by atoms with Crippen LogP contribution in [0.5, 0.6) is 0 Å². The second kappa shape index (κ2) is 11.3. The number of halogens is 1. The molecule has 0 aliphatic rings. The van der Waals surface area contributed by atoms with E-state index in [1.165, 1.54) is 4.88 Å².